The first-order chi connectivity index (χ1) is 8.52. The van der Waals surface area contributed by atoms with E-state index < -0.39 is 0 Å². The van der Waals surface area contributed by atoms with Crippen LogP contribution in [0, 0.1) is 3.57 Å². The number of oxime groups is 1. The van der Waals surface area contributed by atoms with E-state index in [4.69, 9.17) is 10.9 Å². The molecule has 0 aromatic heterocycles. The van der Waals surface area contributed by atoms with Crippen molar-refractivity contribution in [3.8, 4) is 0 Å². The Morgan fingerprint density at radius 2 is 2.00 bits per heavy atom. The van der Waals surface area contributed by atoms with E-state index in [1.807, 2.05) is 0 Å². The molecular formula is C13H20IN3O. The van der Waals surface area contributed by atoms with Gasteiger partial charge in [-0.2, -0.15) is 0 Å². The maximum absolute atomic E-state index is 8.55. The molecule has 3 N–H and O–H groups in total. The molecule has 100 valence electrons. The molecule has 0 aliphatic heterocycles. The SMILES string of the molecule is CC(C)N(CCC(N)=NO)Cc1ccc(I)cc1. The lowest BCUT2D eigenvalue weighted by molar-refractivity contribution is 0.218. The molecule has 0 heterocycles. The Hall–Kier alpha value is -0.820. The first-order valence-corrected chi connectivity index (χ1v) is 7.05. The summed E-state index contributed by atoms with van der Waals surface area (Å²) in [5, 5.41) is 11.6. The van der Waals surface area contributed by atoms with Gasteiger partial charge in [0.2, 0.25) is 0 Å². The predicted molar refractivity (Wildman–Crippen MR) is 82.7 cm³/mol. The summed E-state index contributed by atoms with van der Waals surface area (Å²) in [6.07, 6.45) is 0.582. The molecule has 0 amide bonds. The number of hydrogen-bond acceptors (Lipinski definition) is 3. The molecule has 5 heteroatoms. The van der Waals surface area contributed by atoms with Crippen molar-refractivity contribution in [2.75, 3.05) is 6.54 Å². The van der Waals surface area contributed by atoms with Gasteiger partial charge in [0.15, 0.2) is 0 Å². The first-order valence-electron chi connectivity index (χ1n) is 5.98. The van der Waals surface area contributed by atoms with Crippen molar-refractivity contribution in [1.29, 1.82) is 0 Å². The van der Waals surface area contributed by atoms with Gasteiger partial charge in [0.1, 0.15) is 5.84 Å². The second-order valence-electron chi connectivity index (χ2n) is 4.53. The van der Waals surface area contributed by atoms with E-state index in [9.17, 15) is 0 Å². The molecule has 18 heavy (non-hydrogen) atoms. The highest BCUT2D eigenvalue weighted by Crippen LogP contribution is 2.11. The third kappa shape index (κ3) is 5.22. The van der Waals surface area contributed by atoms with Crippen LogP contribution in [0.1, 0.15) is 25.8 Å². The lowest BCUT2D eigenvalue weighted by Gasteiger charge is -2.26. The highest BCUT2D eigenvalue weighted by molar-refractivity contribution is 14.1. The minimum atomic E-state index is 0.281. The first kappa shape index (κ1) is 15.2. The average molecular weight is 361 g/mol. The zero-order valence-corrected chi connectivity index (χ0v) is 13.0. The summed E-state index contributed by atoms with van der Waals surface area (Å²) in [6, 6.07) is 8.92. The lowest BCUT2D eigenvalue weighted by atomic mass is 10.2. The second kappa shape index (κ2) is 7.58. The number of halogens is 1. The van der Waals surface area contributed by atoms with Crippen LogP contribution in [-0.4, -0.2) is 28.5 Å². The van der Waals surface area contributed by atoms with E-state index in [0.717, 1.165) is 13.1 Å². The molecule has 0 unspecified atom stereocenters. The summed E-state index contributed by atoms with van der Waals surface area (Å²) in [7, 11) is 0. The molecule has 0 aliphatic carbocycles. The molecule has 0 atom stereocenters. The Kier molecular flexibility index (Phi) is 6.42. The number of rotatable bonds is 6. The van der Waals surface area contributed by atoms with Gasteiger partial charge in [-0.3, -0.25) is 4.90 Å². The van der Waals surface area contributed by atoms with Crippen LogP contribution in [0.3, 0.4) is 0 Å². The third-order valence-corrected chi connectivity index (χ3v) is 3.53. The monoisotopic (exact) mass is 361 g/mol. The van der Waals surface area contributed by atoms with Gasteiger partial charge in [-0.15, -0.1) is 0 Å². The van der Waals surface area contributed by atoms with Crippen molar-refractivity contribution in [3.05, 3.63) is 33.4 Å². The largest absolute Gasteiger partial charge is 0.409 e. The highest BCUT2D eigenvalue weighted by atomic mass is 127. The van der Waals surface area contributed by atoms with E-state index >= 15 is 0 Å². The van der Waals surface area contributed by atoms with Crippen LogP contribution in [0.2, 0.25) is 0 Å². The minimum absolute atomic E-state index is 0.281. The lowest BCUT2D eigenvalue weighted by Crippen LogP contribution is -2.33. The van der Waals surface area contributed by atoms with Gasteiger partial charge < -0.3 is 10.9 Å². The topological polar surface area (TPSA) is 61.8 Å². The molecular weight excluding hydrogens is 341 g/mol. The Morgan fingerprint density at radius 3 is 2.50 bits per heavy atom. The van der Waals surface area contributed by atoms with Crippen LogP contribution in [-0.2, 0) is 6.54 Å². The van der Waals surface area contributed by atoms with E-state index in [1.54, 1.807) is 0 Å². The molecule has 0 aliphatic rings. The summed E-state index contributed by atoms with van der Waals surface area (Å²) in [5.74, 6) is 0.281. The van der Waals surface area contributed by atoms with Crippen LogP contribution >= 0.6 is 22.6 Å². The van der Waals surface area contributed by atoms with Crippen LogP contribution in [0.15, 0.2) is 29.4 Å². The Labute approximate surface area is 122 Å². The fourth-order valence-corrected chi connectivity index (χ4v) is 2.01. The van der Waals surface area contributed by atoms with Crippen molar-refractivity contribution in [2.24, 2.45) is 10.9 Å². The number of benzene rings is 1. The molecule has 0 spiro atoms. The number of nitrogens with two attached hydrogens (primary N) is 1. The molecule has 4 nitrogen and oxygen atoms in total. The summed E-state index contributed by atoms with van der Waals surface area (Å²) in [5.41, 5.74) is 6.79. The minimum Gasteiger partial charge on any atom is -0.409 e. The third-order valence-electron chi connectivity index (χ3n) is 2.81. The normalized spacial score (nSPS) is 12.4. The fraction of sp³-hybridized carbons (Fsp3) is 0.462. The van der Waals surface area contributed by atoms with E-state index in [-0.39, 0.29) is 5.84 Å². The predicted octanol–water partition coefficient (Wildman–Crippen LogP) is 2.64. The van der Waals surface area contributed by atoms with Crippen LogP contribution < -0.4 is 5.73 Å². The smallest absolute Gasteiger partial charge is 0.140 e. The molecule has 0 saturated heterocycles. The molecule has 0 saturated carbocycles. The maximum Gasteiger partial charge on any atom is 0.140 e. The fourth-order valence-electron chi connectivity index (χ4n) is 1.65. The van der Waals surface area contributed by atoms with Crippen LogP contribution in [0.25, 0.3) is 0 Å². The zero-order chi connectivity index (χ0) is 13.5. The van der Waals surface area contributed by atoms with Crippen molar-refractivity contribution in [2.45, 2.75) is 32.9 Å². The summed E-state index contributed by atoms with van der Waals surface area (Å²) in [6.45, 7) is 5.98. The van der Waals surface area contributed by atoms with Crippen LogP contribution in [0.4, 0.5) is 0 Å². The van der Waals surface area contributed by atoms with E-state index in [0.29, 0.717) is 12.5 Å². The molecule has 0 fully saturated rings. The summed E-state index contributed by atoms with van der Waals surface area (Å²) >= 11 is 2.30. The Balaban J connectivity index is 2.60. The van der Waals surface area contributed by atoms with Crippen molar-refractivity contribution < 1.29 is 5.21 Å². The quantitative estimate of drug-likeness (QED) is 0.269. The molecule has 1 aromatic rings. The van der Waals surface area contributed by atoms with Gasteiger partial charge in [-0.1, -0.05) is 17.3 Å². The number of hydrogen-bond donors (Lipinski definition) is 2. The van der Waals surface area contributed by atoms with Gasteiger partial charge >= 0.3 is 0 Å². The molecule has 0 radical (unpaired) electrons. The van der Waals surface area contributed by atoms with Crippen molar-refractivity contribution >= 4 is 28.4 Å². The molecule has 1 rings (SSSR count). The second-order valence-corrected chi connectivity index (χ2v) is 5.78. The standard InChI is InChI=1S/C13H20IN3O/c1-10(2)17(8-7-13(15)16-18)9-11-3-5-12(14)6-4-11/h3-6,10,18H,7-9H2,1-2H3,(H2,15,16). The van der Waals surface area contributed by atoms with Gasteiger partial charge in [-0.25, -0.2) is 0 Å². The summed E-state index contributed by atoms with van der Waals surface area (Å²) < 4.78 is 1.24. The van der Waals surface area contributed by atoms with Crippen LogP contribution in [0.5, 0.6) is 0 Å². The van der Waals surface area contributed by atoms with Gasteiger partial charge in [0, 0.05) is 29.1 Å². The van der Waals surface area contributed by atoms with Crippen molar-refractivity contribution in [3.63, 3.8) is 0 Å². The highest BCUT2D eigenvalue weighted by Gasteiger charge is 2.10. The Bertz CT molecular complexity index is 390. The van der Waals surface area contributed by atoms with E-state index in [2.05, 4.69) is 70.8 Å². The molecule has 0 bridgehead atoms. The zero-order valence-electron chi connectivity index (χ0n) is 10.8. The maximum atomic E-state index is 8.55. The van der Waals surface area contributed by atoms with Crippen molar-refractivity contribution in [1.82, 2.24) is 4.90 Å². The number of nitrogens with zero attached hydrogens (tertiary/aromatic N) is 2. The van der Waals surface area contributed by atoms with Gasteiger partial charge in [0.25, 0.3) is 0 Å². The Morgan fingerprint density at radius 1 is 1.39 bits per heavy atom. The molecule has 1 aromatic carbocycles. The summed E-state index contributed by atoms with van der Waals surface area (Å²) in [4.78, 5) is 2.31. The van der Waals surface area contributed by atoms with Gasteiger partial charge in [0.05, 0.1) is 0 Å². The van der Waals surface area contributed by atoms with Gasteiger partial charge in [-0.05, 0) is 54.1 Å². The average Bonchev–Trinajstić information content (AvgIpc) is 2.35. The van der Waals surface area contributed by atoms with E-state index in [1.165, 1.54) is 9.13 Å². The number of amidine groups is 1.